The highest BCUT2D eigenvalue weighted by molar-refractivity contribution is 5.84. The van der Waals surface area contributed by atoms with Gasteiger partial charge in [-0.25, -0.2) is 0 Å². The minimum absolute atomic E-state index is 0.817. The summed E-state index contributed by atoms with van der Waals surface area (Å²) in [6.07, 6.45) is 3.63. The maximum absolute atomic E-state index is 5.17. The van der Waals surface area contributed by atoms with E-state index in [0.717, 1.165) is 39.4 Å². The van der Waals surface area contributed by atoms with Crippen LogP contribution in [0.3, 0.4) is 0 Å². The monoisotopic (exact) mass is 434 g/mol. The smallest absolute Gasteiger partial charge is 0.119 e. The predicted molar refractivity (Wildman–Crippen MR) is 138 cm³/mol. The van der Waals surface area contributed by atoms with E-state index in [0.29, 0.717) is 0 Å². The zero-order chi connectivity index (χ0) is 22.9. The van der Waals surface area contributed by atoms with Crippen LogP contribution in [0.15, 0.2) is 107 Å². The lowest BCUT2D eigenvalue weighted by Gasteiger charge is -2.05. The number of benzene rings is 4. The van der Waals surface area contributed by atoms with Gasteiger partial charge in [0.25, 0.3) is 0 Å². The zero-order valence-corrected chi connectivity index (χ0v) is 18.7. The van der Waals surface area contributed by atoms with E-state index in [4.69, 9.17) is 4.74 Å². The average Bonchev–Trinajstić information content (AvgIpc) is 2.86. The highest BCUT2D eigenvalue weighted by Crippen LogP contribution is 2.21. The van der Waals surface area contributed by atoms with Crippen molar-refractivity contribution >= 4 is 23.8 Å². The van der Waals surface area contributed by atoms with Crippen LogP contribution in [0, 0.1) is 6.92 Å². The van der Waals surface area contributed by atoms with Gasteiger partial charge in [-0.2, -0.15) is 10.2 Å². The number of ether oxygens (including phenoxy) is 1. The summed E-state index contributed by atoms with van der Waals surface area (Å²) < 4.78 is 5.17. The van der Waals surface area contributed by atoms with Gasteiger partial charge in [0, 0.05) is 0 Å². The Balaban J connectivity index is 1.37. The van der Waals surface area contributed by atoms with Crippen molar-refractivity contribution in [3.8, 4) is 16.9 Å². The van der Waals surface area contributed by atoms with Gasteiger partial charge in [-0.15, -0.1) is 0 Å². The normalized spacial score (nSPS) is 11.1. The Labute approximate surface area is 194 Å². The Morgan fingerprint density at radius 3 is 1.88 bits per heavy atom. The molecule has 4 aromatic carbocycles. The van der Waals surface area contributed by atoms with Gasteiger partial charge in [-0.3, -0.25) is 10.9 Å². The van der Waals surface area contributed by atoms with Gasteiger partial charge < -0.3 is 4.74 Å². The summed E-state index contributed by atoms with van der Waals surface area (Å²) >= 11 is 0. The van der Waals surface area contributed by atoms with Gasteiger partial charge in [0.15, 0.2) is 0 Å². The number of aryl methyl sites for hydroxylation is 1. The molecule has 33 heavy (non-hydrogen) atoms. The fourth-order valence-corrected chi connectivity index (χ4v) is 3.22. The first-order valence-corrected chi connectivity index (χ1v) is 10.7. The molecule has 0 spiro atoms. The lowest BCUT2D eigenvalue weighted by atomic mass is 10.0. The summed E-state index contributed by atoms with van der Waals surface area (Å²) in [5, 5.41) is 8.66. The molecule has 0 atom stereocenters. The van der Waals surface area contributed by atoms with Crippen molar-refractivity contribution in [2.24, 2.45) is 10.2 Å². The molecule has 0 saturated heterocycles. The Morgan fingerprint density at radius 1 is 0.636 bits per heavy atom. The van der Waals surface area contributed by atoms with Crippen molar-refractivity contribution in [3.63, 3.8) is 0 Å². The van der Waals surface area contributed by atoms with Crippen molar-refractivity contribution in [2.75, 3.05) is 18.0 Å². The maximum Gasteiger partial charge on any atom is 0.119 e. The summed E-state index contributed by atoms with van der Waals surface area (Å²) in [4.78, 5) is 0. The molecule has 0 heterocycles. The summed E-state index contributed by atoms with van der Waals surface area (Å²) in [5.41, 5.74) is 13.5. The fraction of sp³-hybridized carbons (Fsp3) is 0.0714. The molecule has 0 radical (unpaired) electrons. The summed E-state index contributed by atoms with van der Waals surface area (Å²) in [6.45, 7) is 2.07. The van der Waals surface area contributed by atoms with Crippen molar-refractivity contribution in [1.29, 1.82) is 0 Å². The van der Waals surface area contributed by atoms with E-state index >= 15 is 0 Å². The number of hydrazone groups is 2. The Bertz CT molecular complexity index is 1230. The second-order valence-electron chi connectivity index (χ2n) is 7.58. The zero-order valence-electron chi connectivity index (χ0n) is 18.7. The van der Waals surface area contributed by atoms with Gasteiger partial charge in [0.1, 0.15) is 5.75 Å². The Kier molecular flexibility index (Phi) is 7.13. The van der Waals surface area contributed by atoms with E-state index in [2.05, 4.69) is 76.5 Å². The van der Waals surface area contributed by atoms with Crippen LogP contribution in [0.4, 0.5) is 11.4 Å². The summed E-state index contributed by atoms with van der Waals surface area (Å²) in [7, 11) is 1.65. The van der Waals surface area contributed by atoms with E-state index in [1.165, 1.54) is 5.56 Å². The van der Waals surface area contributed by atoms with Crippen LogP contribution >= 0.6 is 0 Å². The fourth-order valence-electron chi connectivity index (χ4n) is 3.22. The molecule has 0 saturated carbocycles. The standard InChI is InChI=1S/C28H26N4O/c1-21-6-12-26(13-7-21)31-29-19-22-8-10-24(11-9-22)25-5-3-4-23(18-25)20-30-32-27-14-16-28(33-2)17-15-27/h3-20,31-32H,1-2H3/b29-19+,30-20+. The summed E-state index contributed by atoms with van der Waals surface area (Å²) in [5.74, 6) is 0.817. The number of hydrogen-bond acceptors (Lipinski definition) is 5. The van der Waals surface area contributed by atoms with Gasteiger partial charge in [-0.05, 0) is 71.6 Å². The molecule has 0 unspecified atom stereocenters. The van der Waals surface area contributed by atoms with Crippen LogP contribution in [0.5, 0.6) is 5.75 Å². The third-order valence-corrected chi connectivity index (χ3v) is 5.09. The molecule has 4 aromatic rings. The van der Waals surface area contributed by atoms with Crippen molar-refractivity contribution in [3.05, 3.63) is 114 Å². The second kappa shape index (κ2) is 10.8. The number of hydrogen-bond donors (Lipinski definition) is 2. The predicted octanol–water partition coefficient (Wildman–Crippen LogP) is 6.56. The van der Waals surface area contributed by atoms with Crippen LogP contribution in [-0.2, 0) is 0 Å². The molecule has 0 aliphatic carbocycles. The lowest BCUT2D eigenvalue weighted by Crippen LogP contribution is -1.92. The molecular formula is C28H26N4O. The van der Waals surface area contributed by atoms with Gasteiger partial charge in [-0.1, -0.05) is 60.2 Å². The minimum atomic E-state index is 0.817. The first kappa shape index (κ1) is 21.8. The third kappa shape index (κ3) is 6.31. The number of rotatable bonds is 8. The van der Waals surface area contributed by atoms with Crippen LogP contribution in [0.25, 0.3) is 11.1 Å². The Hall–Kier alpha value is -4.38. The first-order chi connectivity index (χ1) is 16.2. The molecule has 5 heteroatoms. The van der Waals surface area contributed by atoms with Crippen molar-refractivity contribution < 1.29 is 4.74 Å². The van der Waals surface area contributed by atoms with E-state index in [9.17, 15) is 0 Å². The number of anilines is 2. The van der Waals surface area contributed by atoms with Gasteiger partial charge in [0.05, 0.1) is 30.9 Å². The average molecular weight is 435 g/mol. The van der Waals surface area contributed by atoms with Gasteiger partial charge >= 0.3 is 0 Å². The molecule has 0 aliphatic heterocycles. The van der Waals surface area contributed by atoms with Crippen LogP contribution < -0.4 is 15.6 Å². The van der Waals surface area contributed by atoms with Crippen LogP contribution in [-0.4, -0.2) is 19.5 Å². The van der Waals surface area contributed by atoms with E-state index < -0.39 is 0 Å². The van der Waals surface area contributed by atoms with Crippen molar-refractivity contribution in [1.82, 2.24) is 0 Å². The number of nitrogens with one attached hydrogen (secondary N) is 2. The molecule has 0 bridgehead atoms. The minimum Gasteiger partial charge on any atom is -0.497 e. The molecule has 0 aliphatic rings. The van der Waals surface area contributed by atoms with Gasteiger partial charge in [0.2, 0.25) is 0 Å². The molecule has 5 nitrogen and oxygen atoms in total. The number of methoxy groups -OCH3 is 1. The highest BCUT2D eigenvalue weighted by Gasteiger charge is 1.99. The molecular weight excluding hydrogens is 408 g/mol. The molecule has 164 valence electrons. The van der Waals surface area contributed by atoms with Crippen LogP contribution in [0.2, 0.25) is 0 Å². The van der Waals surface area contributed by atoms with E-state index in [-0.39, 0.29) is 0 Å². The molecule has 4 rings (SSSR count). The highest BCUT2D eigenvalue weighted by atomic mass is 16.5. The topological polar surface area (TPSA) is 58.0 Å². The molecule has 0 amide bonds. The number of nitrogens with zero attached hydrogens (tertiary/aromatic N) is 2. The lowest BCUT2D eigenvalue weighted by molar-refractivity contribution is 0.415. The third-order valence-electron chi connectivity index (χ3n) is 5.09. The maximum atomic E-state index is 5.17. The summed E-state index contributed by atoms with van der Waals surface area (Å²) in [6, 6.07) is 32.3. The molecule has 2 N–H and O–H groups in total. The largest absolute Gasteiger partial charge is 0.497 e. The van der Waals surface area contributed by atoms with Crippen molar-refractivity contribution in [2.45, 2.75) is 6.92 Å². The Morgan fingerprint density at radius 2 is 1.24 bits per heavy atom. The quantitative estimate of drug-likeness (QED) is 0.244. The van der Waals surface area contributed by atoms with Crippen LogP contribution in [0.1, 0.15) is 16.7 Å². The van der Waals surface area contributed by atoms with E-state index in [1.54, 1.807) is 7.11 Å². The van der Waals surface area contributed by atoms with E-state index in [1.807, 2.05) is 61.0 Å². The molecule has 0 fully saturated rings. The first-order valence-electron chi connectivity index (χ1n) is 10.7. The molecule has 0 aromatic heterocycles. The second-order valence-corrected chi connectivity index (χ2v) is 7.58. The SMILES string of the molecule is COc1ccc(N/N=C/c2cccc(-c3ccc(/C=N/Nc4ccc(C)cc4)cc3)c2)cc1.